The Bertz CT molecular complexity index is 707. The molecule has 3 rings (SSSR count). The first kappa shape index (κ1) is 18.7. The highest BCUT2D eigenvalue weighted by atomic mass is 32.1. The number of hydrogen-bond acceptors (Lipinski definition) is 5. The third kappa shape index (κ3) is 5.44. The van der Waals surface area contributed by atoms with Crippen LogP contribution in [0.5, 0.6) is 0 Å². The zero-order chi connectivity index (χ0) is 18.2. The fourth-order valence-corrected chi connectivity index (χ4v) is 3.53. The maximum atomic E-state index is 5.41. The van der Waals surface area contributed by atoms with Crippen molar-refractivity contribution in [2.75, 3.05) is 44.8 Å². The normalized spacial score (nSPS) is 15.2. The SMILES string of the molecule is CN=C(NCCc1csc(C)n1)NCc1ccc(N2CCOCC2)cc1. The Labute approximate surface area is 159 Å². The van der Waals surface area contributed by atoms with Gasteiger partial charge in [0.25, 0.3) is 0 Å². The molecular weight excluding hydrogens is 346 g/mol. The third-order valence-corrected chi connectivity index (χ3v) is 5.16. The minimum Gasteiger partial charge on any atom is -0.378 e. The molecule has 0 radical (unpaired) electrons. The predicted molar refractivity (Wildman–Crippen MR) is 108 cm³/mol. The van der Waals surface area contributed by atoms with E-state index in [1.807, 2.05) is 6.92 Å². The average Bonchev–Trinajstić information content (AvgIpc) is 3.11. The monoisotopic (exact) mass is 373 g/mol. The molecule has 7 heteroatoms. The summed E-state index contributed by atoms with van der Waals surface area (Å²) in [7, 11) is 1.80. The van der Waals surface area contributed by atoms with Crippen LogP contribution in [0.3, 0.4) is 0 Å². The van der Waals surface area contributed by atoms with Crippen LogP contribution in [0.2, 0.25) is 0 Å². The third-order valence-electron chi connectivity index (χ3n) is 4.34. The number of anilines is 1. The Morgan fingerprint density at radius 3 is 2.65 bits per heavy atom. The highest BCUT2D eigenvalue weighted by Crippen LogP contribution is 2.16. The number of benzene rings is 1. The summed E-state index contributed by atoms with van der Waals surface area (Å²) in [6.07, 6.45) is 0.902. The van der Waals surface area contributed by atoms with Crippen LogP contribution in [0.25, 0.3) is 0 Å². The lowest BCUT2D eigenvalue weighted by Crippen LogP contribution is -2.38. The number of aromatic nitrogens is 1. The van der Waals surface area contributed by atoms with Gasteiger partial charge in [0, 0.05) is 50.7 Å². The van der Waals surface area contributed by atoms with Crippen LogP contribution in [0.4, 0.5) is 5.69 Å². The minimum absolute atomic E-state index is 0.749. The quantitative estimate of drug-likeness (QED) is 0.600. The predicted octanol–water partition coefficient (Wildman–Crippen LogP) is 2.20. The van der Waals surface area contributed by atoms with Crippen LogP contribution in [-0.4, -0.2) is 50.8 Å². The van der Waals surface area contributed by atoms with Gasteiger partial charge in [-0.25, -0.2) is 4.98 Å². The highest BCUT2D eigenvalue weighted by molar-refractivity contribution is 7.09. The lowest BCUT2D eigenvalue weighted by Gasteiger charge is -2.28. The van der Waals surface area contributed by atoms with E-state index in [9.17, 15) is 0 Å². The van der Waals surface area contributed by atoms with Crippen LogP contribution in [-0.2, 0) is 17.7 Å². The molecule has 1 saturated heterocycles. The number of nitrogens with one attached hydrogen (secondary N) is 2. The summed E-state index contributed by atoms with van der Waals surface area (Å²) < 4.78 is 5.41. The molecule has 1 aliphatic heterocycles. The number of guanidine groups is 1. The largest absolute Gasteiger partial charge is 0.378 e. The zero-order valence-electron chi connectivity index (χ0n) is 15.5. The van der Waals surface area contributed by atoms with E-state index in [1.165, 1.54) is 11.3 Å². The topological polar surface area (TPSA) is 61.8 Å². The van der Waals surface area contributed by atoms with E-state index in [1.54, 1.807) is 18.4 Å². The summed E-state index contributed by atoms with van der Waals surface area (Å²) in [5.74, 6) is 0.814. The first-order chi connectivity index (χ1) is 12.7. The molecule has 6 nitrogen and oxygen atoms in total. The van der Waals surface area contributed by atoms with Crippen molar-refractivity contribution in [1.82, 2.24) is 15.6 Å². The van der Waals surface area contributed by atoms with Gasteiger partial charge in [-0.05, 0) is 24.6 Å². The maximum absolute atomic E-state index is 5.41. The number of thiazole rings is 1. The molecule has 140 valence electrons. The first-order valence-electron chi connectivity index (χ1n) is 9.02. The molecule has 0 unspecified atom stereocenters. The van der Waals surface area contributed by atoms with Crippen molar-refractivity contribution < 1.29 is 4.74 Å². The van der Waals surface area contributed by atoms with Crippen molar-refractivity contribution in [3.63, 3.8) is 0 Å². The average molecular weight is 374 g/mol. The number of aliphatic imine (C=N–C) groups is 1. The molecule has 0 bridgehead atoms. The lowest BCUT2D eigenvalue weighted by molar-refractivity contribution is 0.122. The molecule has 2 N–H and O–H groups in total. The molecule has 1 aromatic carbocycles. The minimum atomic E-state index is 0.749. The first-order valence-corrected chi connectivity index (χ1v) is 9.90. The van der Waals surface area contributed by atoms with E-state index in [0.29, 0.717) is 0 Å². The molecule has 2 heterocycles. The highest BCUT2D eigenvalue weighted by Gasteiger charge is 2.10. The molecule has 1 aliphatic rings. The fraction of sp³-hybridized carbons (Fsp3) is 0.474. The van der Waals surface area contributed by atoms with Gasteiger partial charge in [-0.15, -0.1) is 11.3 Å². The van der Waals surface area contributed by atoms with Gasteiger partial charge >= 0.3 is 0 Å². The molecule has 0 amide bonds. The Morgan fingerprint density at radius 2 is 2.00 bits per heavy atom. The van der Waals surface area contributed by atoms with Crippen LogP contribution in [0, 0.1) is 6.92 Å². The fourth-order valence-electron chi connectivity index (χ4n) is 2.88. The number of morpholine rings is 1. The summed E-state index contributed by atoms with van der Waals surface area (Å²) in [5.41, 5.74) is 3.63. The summed E-state index contributed by atoms with van der Waals surface area (Å²) in [6.45, 7) is 7.15. The Balaban J connectivity index is 1.42. The standard InChI is InChI=1S/C19H27N5OS/c1-15-23-17(14-26-15)7-8-21-19(20-2)22-13-16-3-5-18(6-4-16)24-9-11-25-12-10-24/h3-6,14H,7-13H2,1-2H3,(H2,20,21,22). The Morgan fingerprint density at radius 1 is 1.23 bits per heavy atom. The summed E-state index contributed by atoms with van der Waals surface area (Å²) in [4.78, 5) is 11.1. The summed E-state index contributed by atoms with van der Waals surface area (Å²) in [5, 5.41) is 9.93. The number of aryl methyl sites for hydroxylation is 1. The van der Waals surface area contributed by atoms with Crippen LogP contribution >= 0.6 is 11.3 Å². The molecule has 1 aromatic heterocycles. The second-order valence-electron chi connectivity index (χ2n) is 6.23. The number of ether oxygens (including phenoxy) is 1. The molecule has 0 spiro atoms. The second-order valence-corrected chi connectivity index (χ2v) is 7.29. The molecule has 1 fully saturated rings. The zero-order valence-corrected chi connectivity index (χ0v) is 16.3. The van der Waals surface area contributed by atoms with Crippen molar-refractivity contribution >= 4 is 23.0 Å². The van der Waals surface area contributed by atoms with Gasteiger partial charge in [0.05, 0.1) is 23.9 Å². The van der Waals surface area contributed by atoms with E-state index >= 15 is 0 Å². The molecule has 0 atom stereocenters. The van der Waals surface area contributed by atoms with E-state index in [-0.39, 0.29) is 0 Å². The van der Waals surface area contributed by atoms with Crippen molar-refractivity contribution in [2.24, 2.45) is 4.99 Å². The van der Waals surface area contributed by atoms with Gasteiger partial charge < -0.3 is 20.3 Å². The Kier molecular flexibility index (Phi) is 6.85. The van der Waals surface area contributed by atoms with Crippen LogP contribution in [0.15, 0.2) is 34.6 Å². The molecule has 26 heavy (non-hydrogen) atoms. The summed E-state index contributed by atoms with van der Waals surface area (Å²) in [6, 6.07) is 8.71. The summed E-state index contributed by atoms with van der Waals surface area (Å²) >= 11 is 1.69. The van der Waals surface area contributed by atoms with E-state index in [2.05, 4.69) is 55.2 Å². The van der Waals surface area contributed by atoms with Crippen molar-refractivity contribution in [1.29, 1.82) is 0 Å². The number of hydrogen-bond donors (Lipinski definition) is 2. The molecule has 2 aromatic rings. The van der Waals surface area contributed by atoms with E-state index in [0.717, 1.165) is 62.5 Å². The van der Waals surface area contributed by atoms with Crippen molar-refractivity contribution in [3.05, 3.63) is 45.9 Å². The second kappa shape index (κ2) is 9.54. The molecule has 0 aliphatic carbocycles. The van der Waals surface area contributed by atoms with Gasteiger partial charge in [0.15, 0.2) is 5.96 Å². The molecular formula is C19H27N5OS. The van der Waals surface area contributed by atoms with Gasteiger partial charge in [-0.3, -0.25) is 4.99 Å². The van der Waals surface area contributed by atoms with Gasteiger partial charge in [-0.1, -0.05) is 12.1 Å². The van der Waals surface area contributed by atoms with Crippen molar-refractivity contribution in [2.45, 2.75) is 19.9 Å². The maximum Gasteiger partial charge on any atom is 0.191 e. The van der Waals surface area contributed by atoms with E-state index < -0.39 is 0 Å². The van der Waals surface area contributed by atoms with E-state index in [4.69, 9.17) is 4.74 Å². The van der Waals surface area contributed by atoms with Crippen molar-refractivity contribution in [3.8, 4) is 0 Å². The lowest BCUT2D eigenvalue weighted by atomic mass is 10.2. The van der Waals surface area contributed by atoms with Gasteiger partial charge in [0.1, 0.15) is 0 Å². The Hall–Kier alpha value is -2.12. The van der Waals surface area contributed by atoms with Gasteiger partial charge in [-0.2, -0.15) is 0 Å². The molecule has 0 saturated carbocycles. The number of nitrogens with zero attached hydrogens (tertiary/aromatic N) is 3. The van der Waals surface area contributed by atoms with Crippen LogP contribution < -0.4 is 15.5 Å². The smallest absolute Gasteiger partial charge is 0.191 e. The van der Waals surface area contributed by atoms with Gasteiger partial charge in [0.2, 0.25) is 0 Å². The van der Waals surface area contributed by atoms with Crippen LogP contribution in [0.1, 0.15) is 16.3 Å². The number of rotatable bonds is 6.